The van der Waals surface area contributed by atoms with Crippen LogP contribution in [0.25, 0.3) is 16.6 Å². The van der Waals surface area contributed by atoms with Crippen LogP contribution < -0.4 is 20.0 Å². The number of aromatic nitrogens is 1. The van der Waals surface area contributed by atoms with E-state index in [2.05, 4.69) is 9.64 Å². The van der Waals surface area contributed by atoms with Crippen molar-refractivity contribution in [2.75, 3.05) is 49.1 Å². The second-order valence-corrected chi connectivity index (χ2v) is 10.6. The zero-order valence-corrected chi connectivity index (χ0v) is 24.6. The van der Waals surface area contributed by atoms with E-state index >= 15 is 4.39 Å². The van der Waals surface area contributed by atoms with Crippen molar-refractivity contribution in [2.24, 2.45) is 0 Å². The van der Waals surface area contributed by atoms with Gasteiger partial charge in [-0.05, 0) is 49.0 Å². The number of nitrogens with zero attached hydrogens (tertiary/aromatic N) is 4. The average Bonchev–Trinajstić information content (AvgIpc) is 3.00. The molecule has 1 fully saturated rings. The average molecular weight is 631 g/mol. The number of hydrogen-bond acceptors (Lipinski definition) is 6. The van der Waals surface area contributed by atoms with Crippen molar-refractivity contribution in [3.05, 3.63) is 93.8 Å². The molecule has 1 aromatic heterocycles. The lowest BCUT2D eigenvalue weighted by atomic mass is 10.1. The molecule has 1 N–H and O–H groups in total. The van der Waals surface area contributed by atoms with Crippen LogP contribution in [0.1, 0.15) is 29.8 Å². The predicted molar refractivity (Wildman–Crippen MR) is 161 cm³/mol. The van der Waals surface area contributed by atoms with Crippen LogP contribution in [0.2, 0.25) is 0 Å². The smallest absolute Gasteiger partial charge is 0.477 e. The number of anilines is 2. The number of rotatable bonds is 9. The van der Waals surface area contributed by atoms with Crippen molar-refractivity contribution in [2.45, 2.75) is 26.8 Å². The summed E-state index contributed by atoms with van der Waals surface area (Å²) < 4.78 is 77.7. The molecule has 4 aromatic rings. The summed E-state index contributed by atoms with van der Waals surface area (Å²) >= 11 is 0. The van der Waals surface area contributed by atoms with E-state index in [1.165, 1.54) is 17.0 Å². The Bertz CT molecular complexity index is 1760. The summed E-state index contributed by atoms with van der Waals surface area (Å²) in [6, 6.07) is 13.5. The molecule has 8 nitrogen and oxygen atoms in total. The van der Waals surface area contributed by atoms with Crippen molar-refractivity contribution in [3.63, 3.8) is 0 Å². The Morgan fingerprint density at radius 3 is 2.13 bits per heavy atom. The maximum atomic E-state index is 15.8. The van der Waals surface area contributed by atoms with E-state index in [1.807, 2.05) is 13.8 Å². The fourth-order valence-electron chi connectivity index (χ4n) is 5.63. The van der Waals surface area contributed by atoms with Gasteiger partial charge in [0.25, 0.3) is 0 Å². The van der Waals surface area contributed by atoms with Crippen LogP contribution in [0, 0.1) is 11.6 Å². The molecule has 0 bridgehead atoms. The number of fused-ring (bicyclic) bond motifs is 1. The third kappa shape index (κ3) is 6.58. The number of halogens is 5. The highest BCUT2D eigenvalue weighted by Gasteiger charge is 2.37. The highest BCUT2D eigenvalue weighted by molar-refractivity contribution is 5.98. The lowest BCUT2D eigenvalue weighted by Crippen LogP contribution is -2.47. The molecular weight excluding hydrogens is 599 g/mol. The highest BCUT2D eigenvalue weighted by atomic mass is 19.4. The van der Waals surface area contributed by atoms with E-state index in [0.717, 1.165) is 35.5 Å². The maximum absolute atomic E-state index is 15.8. The van der Waals surface area contributed by atoms with Gasteiger partial charge in [-0.15, -0.1) is 13.2 Å². The van der Waals surface area contributed by atoms with Crippen LogP contribution in [0.4, 0.5) is 33.3 Å². The first-order chi connectivity index (χ1) is 21.4. The Morgan fingerprint density at radius 2 is 1.56 bits per heavy atom. The first-order valence-corrected chi connectivity index (χ1v) is 14.4. The molecule has 0 aliphatic carbocycles. The van der Waals surface area contributed by atoms with E-state index in [9.17, 15) is 32.3 Å². The number of ether oxygens (including phenoxy) is 1. The molecule has 45 heavy (non-hydrogen) atoms. The van der Waals surface area contributed by atoms with Gasteiger partial charge in [0, 0.05) is 44.6 Å². The summed E-state index contributed by atoms with van der Waals surface area (Å²) in [4.78, 5) is 30.4. The molecule has 0 amide bonds. The highest BCUT2D eigenvalue weighted by Crippen LogP contribution is 2.42. The first-order valence-electron chi connectivity index (χ1n) is 14.4. The molecule has 5 rings (SSSR count). The van der Waals surface area contributed by atoms with Gasteiger partial charge in [-0.3, -0.25) is 9.69 Å². The van der Waals surface area contributed by atoms with Crippen LogP contribution in [0.3, 0.4) is 0 Å². The molecule has 0 atom stereocenters. The molecule has 0 radical (unpaired) electrons. The van der Waals surface area contributed by atoms with E-state index in [-0.39, 0.29) is 31.9 Å². The molecule has 1 aliphatic rings. The Hall–Kier alpha value is -4.65. The van der Waals surface area contributed by atoms with Crippen LogP contribution in [-0.4, -0.2) is 66.2 Å². The molecule has 3 aromatic carbocycles. The zero-order valence-electron chi connectivity index (χ0n) is 24.6. The fraction of sp³-hybridized carbons (Fsp3) is 0.312. The van der Waals surface area contributed by atoms with Crippen LogP contribution in [0.5, 0.6) is 5.75 Å². The largest absolute Gasteiger partial charge is 0.573 e. The SMILES string of the molecule is CCN(CC)Cc1ccc(-n2cc(C(=O)O)c(=O)c3cc(F)c(N4CCN(c5ccccc5F)CC4)c(OC(F)(F)F)c32)cc1. The summed E-state index contributed by atoms with van der Waals surface area (Å²) in [7, 11) is 0. The number of carboxylic acid groups (broad SMARTS) is 1. The number of pyridine rings is 1. The second-order valence-electron chi connectivity index (χ2n) is 10.6. The van der Waals surface area contributed by atoms with Crippen molar-refractivity contribution in [3.8, 4) is 11.4 Å². The minimum atomic E-state index is -5.29. The van der Waals surface area contributed by atoms with Crippen molar-refractivity contribution >= 4 is 28.2 Å². The Kier molecular flexibility index (Phi) is 9.01. The monoisotopic (exact) mass is 630 g/mol. The third-order valence-corrected chi connectivity index (χ3v) is 7.92. The number of carbonyl (C=O) groups is 1. The molecule has 13 heteroatoms. The number of benzene rings is 3. The number of piperazine rings is 1. The molecule has 0 spiro atoms. The predicted octanol–water partition coefficient (Wildman–Crippen LogP) is 6.03. The van der Waals surface area contributed by atoms with Crippen molar-refractivity contribution < 1.29 is 36.6 Å². The molecule has 238 valence electrons. The summed E-state index contributed by atoms with van der Waals surface area (Å²) in [6.45, 7) is 6.54. The van der Waals surface area contributed by atoms with E-state index in [0.29, 0.717) is 12.2 Å². The second kappa shape index (κ2) is 12.8. The summed E-state index contributed by atoms with van der Waals surface area (Å²) in [5.74, 6) is -4.26. The number of carboxylic acids is 1. The van der Waals surface area contributed by atoms with Gasteiger partial charge in [0.15, 0.2) is 11.6 Å². The van der Waals surface area contributed by atoms with Crippen LogP contribution in [-0.2, 0) is 6.54 Å². The van der Waals surface area contributed by atoms with Gasteiger partial charge < -0.3 is 24.2 Å². The maximum Gasteiger partial charge on any atom is 0.573 e. The molecule has 1 saturated heterocycles. The van der Waals surface area contributed by atoms with Crippen LogP contribution >= 0.6 is 0 Å². The molecule has 2 heterocycles. The normalized spacial score (nSPS) is 14.0. The van der Waals surface area contributed by atoms with Crippen LogP contribution in [0.15, 0.2) is 65.6 Å². The molecular formula is C32H31F5N4O4. The minimum absolute atomic E-state index is 0.00245. The Balaban J connectivity index is 1.67. The lowest BCUT2D eigenvalue weighted by molar-refractivity contribution is -0.274. The van der Waals surface area contributed by atoms with Crippen molar-refractivity contribution in [1.29, 1.82) is 0 Å². The number of para-hydroxylation sites is 1. The number of hydrogen-bond donors (Lipinski definition) is 1. The standard InChI is InChI=1S/C32H31F5N4O4/c1-3-38(4-2)18-20-9-11-21(12-10-20)41-19-23(31(43)44)29(42)22-17-25(34)28(30(27(22)41)45-32(35,36)37)40-15-13-39(14-16-40)26-8-6-5-7-24(26)33/h5-12,17,19H,3-4,13-16,18H2,1-2H3,(H,43,44). The van der Waals surface area contributed by atoms with Crippen molar-refractivity contribution in [1.82, 2.24) is 9.47 Å². The lowest BCUT2D eigenvalue weighted by Gasteiger charge is -2.38. The van der Waals surface area contributed by atoms with Gasteiger partial charge in [-0.25, -0.2) is 13.6 Å². The van der Waals surface area contributed by atoms with Gasteiger partial charge in [0.1, 0.15) is 22.6 Å². The zero-order chi connectivity index (χ0) is 32.5. The van der Waals surface area contributed by atoms with Gasteiger partial charge in [-0.1, -0.05) is 38.1 Å². The fourth-order valence-corrected chi connectivity index (χ4v) is 5.63. The molecule has 0 unspecified atom stereocenters. The topological polar surface area (TPSA) is 78.2 Å². The summed E-state index contributed by atoms with van der Waals surface area (Å²) in [5.41, 5.74) is -1.44. The molecule has 0 saturated carbocycles. The third-order valence-electron chi connectivity index (χ3n) is 7.92. The van der Waals surface area contributed by atoms with E-state index in [1.54, 1.807) is 41.3 Å². The Labute approximate surface area is 255 Å². The van der Waals surface area contributed by atoms with Gasteiger partial charge >= 0.3 is 12.3 Å². The number of aromatic carboxylic acids is 1. The number of alkyl halides is 3. The molecule has 1 aliphatic heterocycles. The summed E-state index contributed by atoms with van der Waals surface area (Å²) in [5, 5.41) is 9.16. The van der Waals surface area contributed by atoms with Gasteiger partial charge in [0.2, 0.25) is 5.43 Å². The Morgan fingerprint density at radius 1 is 0.933 bits per heavy atom. The van der Waals surface area contributed by atoms with Gasteiger partial charge in [0.05, 0.1) is 11.1 Å². The van der Waals surface area contributed by atoms with E-state index < -0.39 is 57.3 Å². The first kappa shape index (κ1) is 31.8. The summed E-state index contributed by atoms with van der Waals surface area (Å²) in [6.07, 6.45) is -4.36. The van der Waals surface area contributed by atoms with Gasteiger partial charge in [-0.2, -0.15) is 0 Å². The van der Waals surface area contributed by atoms with E-state index in [4.69, 9.17) is 0 Å². The quantitative estimate of drug-likeness (QED) is 0.226. The minimum Gasteiger partial charge on any atom is -0.477 e.